The normalized spacial score (nSPS) is 21.2. The molecule has 0 N–H and O–H groups in total. The molecule has 2 aromatic carbocycles. The van der Waals surface area contributed by atoms with E-state index in [2.05, 4.69) is 4.90 Å². The molecule has 0 spiro atoms. The number of piperazine rings is 1. The molecule has 2 fully saturated rings. The van der Waals surface area contributed by atoms with Crippen molar-refractivity contribution in [1.29, 1.82) is 0 Å². The Hall–Kier alpha value is -2.80. The van der Waals surface area contributed by atoms with Gasteiger partial charge >= 0.3 is 0 Å². The van der Waals surface area contributed by atoms with Gasteiger partial charge in [-0.15, -0.1) is 0 Å². The van der Waals surface area contributed by atoms with Crippen molar-refractivity contribution in [3.8, 4) is 0 Å². The van der Waals surface area contributed by atoms with Crippen LogP contribution < -0.4 is 9.80 Å². The number of imide groups is 1. The monoisotopic (exact) mass is 371 g/mol. The fourth-order valence-electron chi connectivity index (χ4n) is 3.71. The van der Waals surface area contributed by atoms with E-state index >= 15 is 0 Å². The summed E-state index contributed by atoms with van der Waals surface area (Å²) in [5.41, 5.74) is 1.34. The molecule has 7 heteroatoms. The molecule has 2 amide bonds. The van der Waals surface area contributed by atoms with Gasteiger partial charge in [0.25, 0.3) is 5.91 Å². The van der Waals surface area contributed by atoms with Gasteiger partial charge in [0, 0.05) is 31.9 Å². The van der Waals surface area contributed by atoms with Gasteiger partial charge in [-0.1, -0.05) is 0 Å². The van der Waals surface area contributed by atoms with Gasteiger partial charge in [0.2, 0.25) is 5.91 Å². The van der Waals surface area contributed by atoms with E-state index in [-0.39, 0.29) is 24.1 Å². The van der Waals surface area contributed by atoms with Crippen LogP contribution in [-0.4, -0.2) is 48.9 Å². The molecule has 5 nitrogen and oxygen atoms in total. The zero-order chi connectivity index (χ0) is 19.0. The average Bonchev–Trinajstić information content (AvgIpc) is 2.98. The lowest BCUT2D eigenvalue weighted by Crippen LogP contribution is -2.52. The smallest absolute Gasteiger partial charge is 0.251 e. The Balaban J connectivity index is 1.43. The lowest BCUT2D eigenvalue weighted by molar-refractivity contribution is -0.123. The number of carbonyl (C=O) groups is 2. The topological polar surface area (TPSA) is 43.9 Å². The lowest BCUT2D eigenvalue weighted by atomic mass is 10.1. The maximum absolute atomic E-state index is 13.1. The van der Waals surface area contributed by atoms with Crippen molar-refractivity contribution < 1.29 is 18.4 Å². The molecule has 2 aliphatic heterocycles. The second kappa shape index (κ2) is 7.08. The first-order valence-corrected chi connectivity index (χ1v) is 8.90. The quantitative estimate of drug-likeness (QED) is 0.778. The van der Waals surface area contributed by atoms with Gasteiger partial charge in [-0.25, -0.2) is 13.7 Å². The molecule has 140 valence electrons. The summed E-state index contributed by atoms with van der Waals surface area (Å²) in [5.74, 6) is -1.21. The summed E-state index contributed by atoms with van der Waals surface area (Å²) in [4.78, 5) is 30.5. The van der Waals surface area contributed by atoms with Gasteiger partial charge in [-0.3, -0.25) is 14.5 Å². The molecule has 0 unspecified atom stereocenters. The number of hydrogen-bond donors (Lipinski definition) is 0. The summed E-state index contributed by atoms with van der Waals surface area (Å²) in [6, 6.07) is 11.2. The SMILES string of the molecule is O=C1C[C@@H](N2CCN(c3ccc(F)cc3)CC2)C(=O)N1c1ccc(F)cc1. The maximum Gasteiger partial charge on any atom is 0.251 e. The van der Waals surface area contributed by atoms with Crippen molar-refractivity contribution in [3.05, 3.63) is 60.2 Å². The summed E-state index contributed by atoms with van der Waals surface area (Å²) < 4.78 is 26.2. The van der Waals surface area contributed by atoms with E-state index in [1.54, 1.807) is 12.1 Å². The predicted molar refractivity (Wildman–Crippen MR) is 97.5 cm³/mol. The molecule has 2 saturated heterocycles. The maximum atomic E-state index is 13.1. The molecule has 0 saturated carbocycles. The van der Waals surface area contributed by atoms with Crippen LogP contribution in [0.25, 0.3) is 0 Å². The number of halogens is 2. The predicted octanol–water partition coefficient (Wildman–Crippen LogP) is 2.42. The van der Waals surface area contributed by atoms with Crippen molar-refractivity contribution in [2.24, 2.45) is 0 Å². The minimum atomic E-state index is -0.488. The molecule has 2 aliphatic rings. The van der Waals surface area contributed by atoms with E-state index in [4.69, 9.17) is 0 Å². The van der Waals surface area contributed by atoms with Crippen LogP contribution in [0.3, 0.4) is 0 Å². The number of carbonyl (C=O) groups excluding carboxylic acids is 2. The number of anilines is 2. The Labute approximate surface area is 155 Å². The molecule has 0 aliphatic carbocycles. The molecular formula is C20H19F2N3O2. The van der Waals surface area contributed by atoms with Crippen LogP contribution in [0.1, 0.15) is 6.42 Å². The second-order valence-corrected chi connectivity index (χ2v) is 6.76. The van der Waals surface area contributed by atoms with Crippen molar-refractivity contribution >= 4 is 23.2 Å². The molecule has 0 bridgehead atoms. The first kappa shape index (κ1) is 17.6. The summed E-state index contributed by atoms with van der Waals surface area (Å²) in [7, 11) is 0. The Morgan fingerprint density at radius 3 is 1.81 bits per heavy atom. The third-order valence-corrected chi connectivity index (χ3v) is 5.15. The van der Waals surface area contributed by atoms with E-state index in [1.807, 2.05) is 4.90 Å². The highest BCUT2D eigenvalue weighted by Gasteiger charge is 2.43. The van der Waals surface area contributed by atoms with Crippen LogP contribution in [0, 0.1) is 11.6 Å². The first-order chi connectivity index (χ1) is 13.0. The van der Waals surface area contributed by atoms with Crippen molar-refractivity contribution in [2.45, 2.75) is 12.5 Å². The Kier molecular flexibility index (Phi) is 4.61. The van der Waals surface area contributed by atoms with E-state index in [1.165, 1.54) is 36.4 Å². The molecule has 2 heterocycles. The number of rotatable bonds is 3. The fourth-order valence-corrected chi connectivity index (χ4v) is 3.71. The summed E-state index contributed by atoms with van der Waals surface area (Å²) in [6.07, 6.45) is 0.132. The Morgan fingerprint density at radius 1 is 0.741 bits per heavy atom. The van der Waals surface area contributed by atoms with Gasteiger partial charge < -0.3 is 4.90 Å². The van der Waals surface area contributed by atoms with Crippen molar-refractivity contribution in [1.82, 2.24) is 4.90 Å². The van der Waals surface area contributed by atoms with E-state index in [9.17, 15) is 18.4 Å². The molecule has 27 heavy (non-hydrogen) atoms. The number of hydrogen-bond acceptors (Lipinski definition) is 4. The van der Waals surface area contributed by atoms with Crippen LogP contribution in [0.2, 0.25) is 0 Å². The van der Waals surface area contributed by atoms with Gasteiger partial charge in [0.05, 0.1) is 18.2 Å². The zero-order valence-corrected chi connectivity index (χ0v) is 14.6. The third kappa shape index (κ3) is 3.42. The van der Waals surface area contributed by atoms with Crippen molar-refractivity contribution in [3.63, 3.8) is 0 Å². The van der Waals surface area contributed by atoms with Crippen LogP contribution in [0.4, 0.5) is 20.2 Å². The van der Waals surface area contributed by atoms with Crippen molar-refractivity contribution in [2.75, 3.05) is 36.0 Å². The first-order valence-electron chi connectivity index (χ1n) is 8.90. The third-order valence-electron chi connectivity index (χ3n) is 5.15. The molecule has 0 aromatic heterocycles. The molecular weight excluding hydrogens is 352 g/mol. The lowest BCUT2D eigenvalue weighted by Gasteiger charge is -2.38. The summed E-state index contributed by atoms with van der Waals surface area (Å²) >= 11 is 0. The molecule has 1 atom stereocenters. The van der Waals surface area contributed by atoms with Gasteiger partial charge in [-0.2, -0.15) is 0 Å². The van der Waals surface area contributed by atoms with Crippen LogP contribution in [0.15, 0.2) is 48.5 Å². The van der Waals surface area contributed by atoms with E-state index in [0.717, 1.165) is 10.6 Å². The second-order valence-electron chi connectivity index (χ2n) is 6.76. The Morgan fingerprint density at radius 2 is 1.26 bits per heavy atom. The zero-order valence-electron chi connectivity index (χ0n) is 14.6. The Bertz CT molecular complexity index is 847. The molecule has 2 aromatic rings. The molecule has 0 radical (unpaired) electrons. The van der Waals surface area contributed by atoms with E-state index in [0.29, 0.717) is 31.9 Å². The number of nitrogens with zero attached hydrogens (tertiary/aromatic N) is 3. The number of benzene rings is 2. The number of amides is 2. The van der Waals surface area contributed by atoms with E-state index < -0.39 is 11.9 Å². The average molecular weight is 371 g/mol. The van der Waals surface area contributed by atoms with Gasteiger partial charge in [-0.05, 0) is 48.5 Å². The highest BCUT2D eigenvalue weighted by atomic mass is 19.1. The van der Waals surface area contributed by atoms with Crippen LogP contribution in [0.5, 0.6) is 0 Å². The molecule has 4 rings (SSSR count). The summed E-state index contributed by atoms with van der Waals surface area (Å²) in [6.45, 7) is 2.66. The van der Waals surface area contributed by atoms with Crippen LogP contribution in [-0.2, 0) is 9.59 Å². The highest BCUT2D eigenvalue weighted by molar-refractivity contribution is 6.22. The summed E-state index contributed by atoms with van der Waals surface area (Å²) in [5, 5.41) is 0. The highest BCUT2D eigenvalue weighted by Crippen LogP contribution is 2.27. The van der Waals surface area contributed by atoms with Crippen LogP contribution >= 0.6 is 0 Å². The standard InChI is InChI=1S/C20H19F2N3O2/c21-14-1-5-16(6-2-14)23-9-11-24(12-10-23)18-13-19(26)25(20(18)27)17-7-3-15(22)4-8-17/h1-8,18H,9-13H2/t18-/m1/s1. The largest absolute Gasteiger partial charge is 0.369 e. The van der Waals surface area contributed by atoms with Gasteiger partial charge in [0.15, 0.2) is 0 Å². The minimum absolute atomic E-state index is 0.132. The fraction of sp³-hybridized carbons (Fsp3) is 0.300. The van der Waals surface area contributed by atoms with Gasteiger partial charge in [0.1, 0.15) is 11.6 Å². The minimum Gasteiger partial charge on any atom is -0.369 e.